The molecule has 23 heavy (non-hydrogen) atoms. The van der Waals surface area contributed by atoms with Gasteiger partial charge in [0.25, 0.3) is 0 Å². The lowest BCUT2D eigenvalue weighted by Gasteiger charge is -2.26. The summed E-state index contributed by atoms with van der Waals surface area (Å²) in [4.78, 5) is 12.4. The number of hydrogen-bond donors (Lipinski definition) is 2. The first-order valence-corrected chi connectivity index (χ1v) is 8.69. The molecular weight excluding hydrogens is 308 g/mol. The van der Waals surface area contributed by atoms with Gasteiger partial charge in [0.05, 0.1) is 6.04 Å². The first-order chi connectivity index (χ1) is 10.6. The van der Waals surface area contributed by atoms with Crippen LogP contribution in [0.4, 0.5) is 0 Å². The van der Waals surface area contributed by atoms with Crippen molar-refractivity contribution in [2.75, 3.05) is 13.1 Å². The average Bonchev–Trinajstić information content (AvgIpc) is 2.53. The molecular formula is C19H31ClN2O. The molecule has 1 unspecified atom stereocenters. The molecule has 1 aliphatic rings. The molecule has 1 aromatic rings. The van der Waals surface area contributed by atoms with Crippen LogP contribution in [0, 0.1) is 11.8 Å². The van der Waals surface area contributed by atoms with Crippen LogP contribution in [0.2, 0.25) is 0 Å². The van der Waals surface area contributed by atoms with Crippen molar-refractivity contribution in [3.63, 3.8) is 0 Å². The normalized spacial score (nSPS) is 16.7. The van der Waals surface area contributed by atoms with Gasteiger partial charge in [-0.2, -0.15) is 0 Å². The fourth-order valence-corrected chi connectivity index (χ4v) is 3.18. The maximum Gasteiger partial charge on any atom is 0.220 e. The smallest absolute Gasteiger partial charge is 0.220 e. The molecule has 1 atom stereocenters. The van der Waals surface area contributed by atoms with E-state index in [2.05, 4.69) is 55.7 Å². The second-order valence-electron chi connectivity index (χ2n) is 6.78. The van der Waals surface area contributed by atoms with Crippen LogP contribution in [0.25, 0.3) is 0 Å². The van der Waals surface area contributed by atoms with Crippen molar-refractivity contribution in [1.82, 2.24) is 10.6 Å². The molecule has 2 N–H and O–H groups in total. The average molecular weight is 339 g/mol. The summed E-state index contributed by atoms with van der Waals surface area (Å²) in [5.74, 6) is 1.13. The largest absolute Gasteiger partial charge is 0.349 e. The summed E-state index contributed by atoms with van der Waals surface area (Å²) >= 11 is 0. The second kappa shape index (κ2) is 9.94. The maximum absolute atomic E-state index is 12.4. The zero-order chi connectivity index (χ0) is 15.9. The highest BCUT2D eigenvalue weighted by molar-refractivity contribution is 5.85. The SMILES string of the molecule is CCc1ccc(C(NC(=O)CC2CCNCC2)C(C)C)cc1.Cl. The van der Waals surface area contributed by atoms with E-state index in [1.54, 1.807) is 0 Å². The maximum atomic E-state index is 12.4. The van der Waals surface area contributed by atoms with E-state index in [0.717, 1.165) is 32.4 Å². The van der Waals surface area contributed by atoms with Gasteiger partial charge in [-0.05, 0) is 55.3 Å². The van der Waals surface area contributed by atoms with Gasteiger partial charge in [0.15, 0.2) is 0 Å². The van der Waals surface area contributed by atoms with Gasteiger partial charge < -0.3 is 10.6 Å². The fourth-order valence-electron chi connectivity index (χ4n) is 3.18. The van der Waals surface area contributed by atoms with Gasteiger partial charge in [0, 0.05) is 6.42 Å². The standard InChI is InChI=1S/C19H30N2O.ClH/c1-4-15-5-7-17(8-6-15)19(14(2)3)21-18(22)13-16-9-11-20-12-10-16;/h5-8,14,16,19-20H,4,9-13H2,1-3H3,(H,21,22);1H. The molecule has 0 aromatic heterocycles. The molecule has 1 amide bonds. The van der Waals surface area contributed by atoms with Crippen molar-refractivity contribution >= 4 is 18.3 Å². The molecule has 130 valence electrons. The van der Waals surface area contributed by atoms with Crippen LogP contribution in [0.5, 0.6) is 0 Å². The number of carbonyl (C=O) groups is 1. The molecule has 1 aliphatic heterocycles. The summed E-state index contributed by atoms with van der Waals surface area (Å²) in [6, 6.07) is 8.77. The predicted molar refractivity (Wildman–Crippen MR) is 99.0 cm³/mol. The van der Waals surface area contributed by atoms with Crippen molar-refractivity contribution in [1.29, 1.82) is 0 Å². The monoisotopic (exact) mass is 338 g/mol. The van der Waals surface area contributed by atoms with Crippen molar-refractivity contribution in [2.45, 2.75) is 52.5 Å². The molecule has 0 bridgehead atoms. The van der Waals surface area contributed by atoms with Crippen molar-refractivity contribution in [2.24, 2.45) is 11.8 Å². The zero-order valence-corrected chi connectivity index (χ0v) is 15.4. The predicted octanol–water partition coefficient (Wildman–Crippen LogP) is 3.87. The third-order valence-corrected chi connectivity index (χ3v) is 4.66. The minimum atomic E-state index is 0. The molecule has 1 saturated heterocycles. The second-order valence-corrected chi connectivity index (χ2v) is 6.78. The van der Waals surface area contributed by atoms with E-state index in [1.165, 1.54) is 11.1 Å². The lowest BCUT2D eigenvalue weighted by Crippen LogP contribution is -2.35. The minimum absolute atomic E-state index is 0. The number of hydrogen-bond acceptors (Lipinski definition) is 2. The summed E-state index contributed by atoms with van der Waals surface area (Å²) in [6.45, 7) is 8.59. The van der Waals surface area contributed by atoms with E-state index in [1.807, 2.05) is 0 Å². The Bertz CT molecular complexity index is 467. The third-order valence-electron chi connectivity index (χ3n) is 4.66. The van der Waals surface area contributed by atoms with E-state index in [9.17, 15) is 4.79 Å². The molecule has 3 nitrogen and oxygen atoms in total. The van der Waals surface area contributed by atoms with Crippen LogP contribution in [-0.2, 0) is 11.2 Å². The molecule has 0 aliphatic carbocycles. The van der Waals surface area contributed by atoms with E-state index in [4.69, 9.17) is 0 Å². The highest BCUT2D eigenvalue weighted by Gasteiger charge is 2.21. The van der Waals surface area contributed by atoms with Gasteiger partial charge in [-0.1, -0.05) is 45.0 Å². The summed E-state index contributed by atoms with van der Waals surface area (Å²) in [6.07, 6.45) is 3.95. The van der Waals surface area contributed by atoms with Crippen molar-refractivity contribution in [3.05, 3.63) is 35.4 Å². The Kier molecular flexibility index (Phi) is 8.64. The Hall–Kier alpha value is -1.06. The first-order valence-electron chi connectivity index (χ1n) is 8.69. The Morgan fingerprint density at radius 2 is 1.83 bits per heavy atom. The Balaban J connectivity index is 0.00000264. The topological polar surface area (TPSA) is 41.1 Å². The van der Waals surface area contributed by atoms with Gasteiger partial charge in [0.1, 0.15) is 0 Å². The van der Waals surface area contributed by atoms with Crippen molar-refractivity contribution in [3.8, 4) is 0 Å². The van der Waals surface area contributed by atoms with Crippen LogP contribution >= 0.6 is 12.4 Å². The van der Waals surface area contributed by atoms with E-state index in [-0.39, 0.29) is 24.4 Å². The Morgan fingerprint density at radius 3 is 2.35 bits per heavy atom. The molecule has 1 fully saturated rings. The van der Waals surface area contributed by atoms with Gasteiger partial charge in [-0.3, -0.25) is 4.79 Å². The van der Waals surface area contributed by atoms with Crippen LogP contribution < -0.4 is 10.6 Å². The minimum Gasteiger partial charge on any atom is -0.349 e. The molecule has 0 spiro atoms. The summed E-state index contributed by atoms with van der Waals surface area (Å²) in [5.41, 5.74) is 2.55. The third kappa shape index (κ3) is 6.15. The van der Waals surface area contributed by atoms with Gasteiger partial charge in [0.2, 0.25) is 5.91 Å². The van der Waals surface area contributed by atoms with Crippen LogP contribution in [0.3, 0.4) is 0 Å². The lowest BCUT2D eigenvalue weighted by molar-refractivity contribution is -0.123. The quantitative estimate of drug-likeness (QED) is 0.826. The molecule has 1 heterocycles. The van der Waals surface area contributed by atoms with E-state index >= 15 is 0 Å². The molecule has 0 saturated carbocycles. The molecule has 0 radical (unpaired) electrons. The number of halogens is 1. The molecule has 4 heteroatoms. The van der Waals surface area contributed by atoms with Crippen LogP contribution in [0.15, 0.2) is 24.3 Å². The van der Waals surface area contributed by atoms with Gasteiger partial charge >= 0.3 is 0 Å². The fraction of sp³-hybridized carbons (Fsp3) is 0.632. The highest BCUT2D eigenvalue weighted by Crippen LogP contribution is 2.23. The number of nitrogens with one attached hydrogen (secondary N) is 2. The van der Waals surface area contributed by atoms with Crippen molar-refractivity contribution < 1.29 is 4.79 Å². The number of benzene rings is 1. The zero-order valence-electron chi connectivity index (χ0n) is 14.6. The van der Waals surface area contributed by atoms with Crippen LogP contribution in [0.1, 0.15) is 57.2 Å². The molecule has 2 rings (SSSR count). The highest BCUT2D eigenvalue weighted by atomic mass is 35.5. The number of piperidine rings is 1. The van der Waals surface area contributed by atoms with Crippen LogP contribution in [-0.4, -0.2) is 19.0 Å². The Morgan fingerprint density at radius 1 is 1.22 bits per heavy atom. The molecule has 1 aromatic carbocycles. The number of carbonyl (C=O) groups excluding carboxylic acids is 1. The first kappa shape index (κ1) is 20.0. The summed E-state index contributed by atoms with van der Waals surface area (Å²) < 4.78 is 0. The summed E-state index contributed by atoms with van der Waals surface area (Å²) in [5, 5.41) is 6.61. The number of rotatable bonds is 6. The Labute approximate surface area is 147 Å². The lowest BCUT2D eigenvalue weighted by atomic mass is 9.92. The van der Waals surface area contributed by atoms with Gasteiger partial charge in [-0.15, -0.1) is 12.4 Å². The summed E-state index contributed by atoms with van der Waals surface area (Å²) in [7, 11) is 0. The van der Waals surface area contributed by atoms with E-state index < -0.39 is 0 Å². The number of aryl methyl sites for hydroxylation is 1. The van der Waals surface area contributed by atoms with Gasteiger partial charge in [-0.25, -0.2) is 0 Å². The number of amides is 1. The van der Waals surface area contributed by atoms with E-state index in [0.29, 0.717) is 18.3 Å².